The standard InChI is InChI=1S/C19H23N9O/c20-13-5-1-2-6-14(13)26-19-22-11-12(17(21)29)18(27-19)25-15-7-3-4-8-16(15)28-23-9-10-24-28/h3-4,7-11,13-14H,1-2,5-6,20H2,(H2,21,29)(H2,22,25,26,27)/t13-,14+/m0/s1. The van der Waals surface area contributed by atoms with Crippen LogP contribution in [0, 0.1) is 0 Å². The maximum Gasteiger partial charge on any atom is 0.254 e. The van der Waals surface area contributed by atoms with Gasteiger partial charge in [0.05, 0.1) is 18.1 Å². The van der Waals surface area contributed by atoms with Crippen LogP contribution in [0.1, 0.15) is 36.0 Å². The van der Waals surface area contributed by atoms with Gasteiger partial charge >= 0.3 is 0 Å². The molecule has 6 N–H and O–H groups in total. The minimum absolute atomic E-state index is 0.0474. The average Bonchev–Trinajstić information content (AvgIpc) is 3.25. The van der Waals surface area contributed by atoms with Gasteiger partial charge in [0.2, 0.25) is 5.95 Å². The van der Waals surface area contributed by atoms with E-state index >= 15 is 0 Å². The van der Waals surface area contributed by atoms with Crippen LogP contribution < -0.4 is 22.1 Å². The number of hydrogen-bond acceptors (Lipinski definition) is 8. The first-order chi connectivity index (χ1) is 14.1. The van der Waals surface area contributed by atoms with Crippen molar-refractivity contribution >= 4 is 23.4 Å². The summed E-state index contributed by atoms with van der Waals surface area (Å²) in [7, 11) is 0. The predicted octanol–water partition coefficient (Wildman–Crippen LogP) is 1.58. The Kier molecular flexibility index (Phi) is 5.34. The normalized spacial score (nSPS) is 18.9. The molecule has 1 aliphatic carbocycles. The SMILES string of the molecule is NC(=O)c1cnc(N[C@@H]2CCCC[C@@H]2N)nc1Nc1ccccc1-n1nccn1. The van der Waals surface area contributed by atoms with Crippen LogP contribution in [0.15, 0.2) is 42.9 Å². The Morgan fingerprint density at radius 2 is 1.90 bits per heavy atom. The monoisotopic (exact) mass is 393 g/mol. The van der Waals surface area contributed by atoms with E-state index in [0.717, 1.165) is 25.7 Å². The fourth-order valence-electron chi connectivity index (χ4n) is 3.45. The average molecular weight is 393 g/mol. The van der Waals surface area contributed by atoms with Crippen LogP contribution in [-0.2, 0) is 0 Å². The quantitative estimate of drug-likeness (QED) is 0.493. The lowest BCUT2D eigenvalue weighted by Crippen LogP contribution is -2.43. The molecule has 2 aromatic heterocycles. The second kappa shape index (κ2) is 8.23. The second-order valence-corrected chi connectivity index (χ2v) is 6.98. The van der Waals surface area contributed by atoms with Crippen LogP contribution in [-0.4, -0.2) is 43.0 Å². The third-order valence-corrected chi connectivity index (χ3v) is 4.98. The highest BCUT2D eigenvalue weighted by molar-refractivity contribution is 5.98. The fraction of sp³-hybridized carbons (Fsp3) is 0.316. The summed E-state index contributed by atoms with van der Waals surface area (Å²) in [5.74, 6) is 0.0802. The molecule has 1 amide bonds. The number of rotatable bonds is 6. The van der Waals surface area contributed by atoms with Gasteiger partial charge in [0, 0.05) is 18.3 Å². The van der Waals surface area contributed by atoms with E-state index in [-0.39, 0.29) is 17.6 Å². The first-order valence-electron chi connectivity index (χ1n) is 9.53. The summed E-state index contributed by atoms with van der Waals surface area (Å²) < 4.78 is 0. The lowest BCUT2D eigenvalue weighted by atomic mass is 9.91. The van der Waals surface area contributed by atoms with E-state index < -0.39 is 5.91 Å². The van der Waals surface area contributed by atoms with E-state index in [2.05, 4.69) is 30.8 Å². The molecule has 2 heterocycles. The Hall–Kier alpha value is -3.53. The number of amides is 1. The van der Waals surface area contributed by atoms with Crippen LogP contribution in [0.3, 0.4) is 0 Å². The van der Waals surface area contributed by atoms with Crippen LogP contribution in [0.25, 0.3) is 5.69 Å². The van der Waals surface area contributed by atoms with Crippen molar-refractivity contribution in [2.45, 2.75) is 37.8 Å². The zero-order chi connectivity index (χ0) is 20.2. The number of primary amides is 1. The number of aromatic nitrogens is 5. The van der Waals surface area contributed by atoms with Gasteiger partial charge in [-0.25, -0.2) is 4.98 Å². The molecule has 1 saturated carbocycles. The predicted molar refractivity (Wildman–Crippen MR) is 109 cm³/mol. The number of carbonyl (C=O) groups excluding carboxylic acids is 1. The number of benzene rings is 1. The number of anilines is 3. The summed E-state index contributed by atoms with van der Waals surface area (Å²) in [4.78, 5) is 22.1. The van der Waals surface area contributed by atoms with Crippen molar-refractivity contribution in [3.8, 4) is 5.69 Å². The minimum atomic E-state index is -0.622. The highest BCUT2D eigenvalue weighted by Crippen LogP contribution is 2.26. The Bertz CT molecular complexity index is 989. The summed E-state index contributed by atoms with van der Waals surface area (Å²) >= 11 is 0. The van der Waals surface area contributed by atoms with Crippen LogP contribution in [0.4, 0.5) is 17.5 Å². The largest absolute Gasteiger partial charge is 0.365 e. The zero-order valence-electron chi connectivity index (χ0n) is 15.8. The Balaban J connectivity index is 1.65. The molecule has 0 saturated heterocycles. The molecule has 3 aromatic rings. The van der Waals surface area contributed by atoms with Crippen molar-refractivity contribution in [2.24, 2.45) is 11.5 Å². The molecule has 2 atom stereocenters. The van der Waals surface area contributed by atoms with Crippen LogP contribution in [0.2, 0.25) is 0 Å². The maximum absolute atomic E-state index is 11.9. The molecular formula is C19H23N9O. The van der Waals surface area contributed by atoms with Crippen molar-refractivity contribution in [1.29, 1.82) is 0 Å². The maximum atomic E-state index is 11.9. The van der Waals surface area contributed by atoms with E-state index in [1.807, 2.05) is 24.3 Å². The number of nitrogens with zero attached hydrogens (tertiary/aromatic N) is 5. The van der Waals surface area contributed by atoms with Gasteiger partial charge in [0.1, 0.15) is 17.1 Å². The van der Waals surface area contributed by atoms with Crippen molar-refractivity contribution in [3.05, 3.63) is 48.4 Å². The fourth-order valence-corrected chi connectivity index (χ4v) is 3.45. The molecule has 1 fully saturated rings. The van der Waals surface area contributed by atoms with Crippen molar-refractivity contribution in [2.75, 3.05) is 10.6 Å². The first-order valence-corrected chi connectivity index (χ1v) is 9.53. The highest BCUT2D eigenvalue weighted by Gasteiger charge is 2.23. The highest BCUT2D eigenvalue weighted by atomic mass is 16.1. The Morgan fingerprint density at radius 3 is 2.66 bits per heavy atom. The molecule has 0 radical (unpaired) electrons. The molecule has 0 bridgehead atoms. The van der Waals surface area contributed by atoms with Crippen molar-refractivity contribution in [3.63, 3.8) is 0 Å². The zero-order valence-corrected chi connectivity index (χ0v) is 15.8. The molecule has 4 rings (SSSR count). The number of carbonyl (C=O) groups is 1. The summed E-state index contributed by atoms with van der Waals surface area (Å²) in [6.07, 6.45) is 8.76. The molecule has 29 heavy (non-hydrogen) atoms. The van der Waals surface area contributed by atoms with E-state index in [0.29, 0.717) is 23.1 Å². The summed E-state index contributed by atoms with van der Waals surface area (Å²) in [6.45, 7) is 0. The summed E-state index contributed by atoms with van der Waals surface area (Å²) in [6, 6.07) is 7.57. The molecular weight excluding hydrogens is 370 g/mol. The molecule has 1 aromatic carbocycles. The van der Waals surface area contributed by atoms with Gasteiger partial charge in [-0.1, -0.05) is 25.0 Å². The first kappa shape index (κ1) is 18.8. The van der Waals surface area contributed by atoms with Gasteiger partial charge in [-0.15, -0.1) is 4.80 Å². The topological polar surface area (TPSA) is 150 Å². The minimum Gasteiger partial charge on any atom is -0.365 e. The molecule has 10 nitrogen and oxygen atoms in total. The van der Waals surface area contributed by atoms with Crippen LogP contribution >= 0.6 is 0 Å². The smallest absolute Gasteiger partial charge is 0.254 e. The number of nitrogens with one attached hydrogen (secondary N) is 2. The molecule has 150 valence electrons. The summed E-state index contributed by atoms with van der Waals surface area (Å²) in [5, 5.41) is 14.8. The van der Waals surface area contributed by atoms with Gasteiger partial charge in [-0.05, 0) is 25.0 Å². The molecule has 0 aliphatic heterocycles. The molecule has 0 spiro atoms. The van der Waals surface area contributed by atoms with Crippen LogP contribution in [0.5, 0.6) is 0 Å². The lowest BCUT2D eigenvalue weighted by Gasteiger charge is -2.29. The molecule has 0 unspecified atom stereocenters. The van der Waals surface area contributed by atoms with Gasteiger partial charge in [-0.3, -0.25) is 4.79 Å². The second-order valence-electron chi connectivity index (χ2n) is 6.98. The van der Waals surface area contributed by atoms with Crippen molar-refractivity contribution < 1.29 is 4.79 Å². The Morgan fingerprint density at radius 1 is 1.14 bits per heavy atom. The lowest BCUT2D eigenvalue weighted by molar-refractivity contribution is 0.100. The van der Waals surface area contributed by atoms with Gasteiger partial charge < -0.3 is 22.1 Å². The van der Waals surface area contributed by atoms with Gasteiger partial charge in [0.25, 0.3) is 5.91 Å². The summed E-state index contributed by atoms with van der Waals surface area (Å²) in [5.41, 5.74) is 13.3. The van der Waals surface area contributed by atoms with E-state index in [1.165, 1.54) is 11.0 Å². The van der Waals surface area contributed by atoms with E-state index in [4.69, 9.17) is 11.5 Å². The van der Waals surface area contributed by atoms with Gasteiger partial charge in [-0.2, -0.15) is 15.2 Å². The number of para-hydroxylation sites is 2. The molecule has 10 heteroatoms. The van der Waals surface area contributed by atoms with E-state index in [9.17, 15) is 4.79 Å². The number of nitrogens with two attached hydrogens (primary N) is 2. The number of hydrogen-bond donors (Lipinski definition) is 4. The molecule has 1 aliphatic rings. The van der Waals surface area contributed by atoms with Crippen molar-refractivity contribution in [1.82, 2.24) is 25.0 Å². The third-order valence-electron chi connectivity index (χ3n) is 4.98. The Labute approximate surface area is 167 Å². The third kappa shape index (κ3) is 4.16. The van der Waals surface area contributed by atoms with Gasteiger partial charge in [0.15, 0.2) is 0 Å². The van der Waals surface area contributed by atoms with E-state index in [1.54, 1.807) is 12.4 Å².